The maximum Gasteiger partial charge on any atom is 0.0765 e. The third kappa shape index (κ3) is 1.62. The Kier molecular flexibility index (Phi) is 2.37. The van der Waals surface area contributed by atoms with Gasteiger partial charge in [0, 0.05) is 5.39 Å². The number of nitrogens with two attached hydrogens (primary N) is 1. The molecule has 0 heterocycles. The van der Waals surface area contributed by atoms with Crippen LogP contribution in [0.15, 0.2) is 42.5 Å². The molecule has 0 aliphatic carbocycles. The summed E-state index contributed by atoms with van der Waals surface area (Å²) < 4.78 is 1.61. The summed E-state index contributed by atoms with van der Waals surface area (Å²) in [7, 11) is 0. The normalized spacial score (nSPS) is 10.3. The molecule has 0 aliphatic heterocycles. The van der Waals surface area contributed by atoms with Gasteiger partial charge in [0.15, 0.2) is 0 Å². The number of halogens is 1. The lowest BCUT2D eigenvalue weighted by Crippen LogP contribution is -2.17. The Morgan fingerprint density at radius 3 is 2.46 bits per heavy atom. The lowest BCUT2D eigenvalue weighted by molar-refractivity contribution is 1.27. The smallest absolute Gasteiger partial charge is 0.0765 e. The summed E-state index contributed by atoms with van der Waals surface area (Å²) in [4.78, 5) is 0. The van der Waals surface area contributed by atoms with Gasteiger partial charge in [-0.05, 0) is 11.5 Å². The molecule has 0 atom stereocenters. The second kappa shape index (κ2) is 3.51. The van der Waals surface area contributed by atoms with Crippen molar-refractivity contribution in [2.24, 2.45) is 5.84 Å². The minimum absolute atomic E-state index is 1.04. The molecular formula is C10H9IN2. The summed E-state index contributed by atoms with van der Waals surface area (Å²) in [6, 6.07) is 14.3. The van der Waals surface area contributed by atoms with Crippen LogP contribution >= 0.6 is 22.9 Å². The highest BCUT2D eigenvalue weighted by atomic mass is 127. The van der Waals surface area contributed by atoms with E-state index < -0.39 is 0 Å². The number of benzene rings is 2. The van der Waals surface area contributed by atoms with Crippen molar-refractivity contribution >= 4 is 39.3 Å². The first-order valence-electron chi connectivity index (χ1n) is 3.97. The van der Waals surface area contributed by atoms with Gasteiger partial charge in [0.05, 0.1) is 28.6 Å². The van der Waals surface area contributed by atoms with E-state index in [0.717, 1.165) is 5.69 Å². The summed E-state index contributed by atoms with van der Waals surface area (Å²) >= 11 is 2.07. The topological polar surface area (TPSA) is 29.3 Å². The van der Waals surface area contributed by atoms with Crippen LogP contribution in [-0.4, -0.2) is 0 Å². The summed E-state index contributed by atoms with van der Waals surface area (Å²) in [6.45, 7) is 0. The van der Waals surface area contributed by atoms with E-state index in [9.17, 15) is 0 Å². The van der Waals surface area contributed by atoms with Crippen LogP contribution < -0.4 is 9.06 Å². The number of hydrazine groups is 1. The molecule has 0 unspecified atom stereocenters. The lowest BCUT2D eigenvalue weighted by atomic mass is 10.1. The molecule has 0 amide bonds. The van der Waals surface area contributed by atoms with Crippen LogP contribution in [0.2, 0.25) is 0 Å². The molecule has 0 bridgehead atoms. The first-order valence-corrected chi connectivity index (χ1v) is 4.94. The summed E-state index contributed by atoms with van der Waals surface area (Å²) in [6.07, 6.45) is 0. The third-order valence-electron chi connectivity index (χ3n) is 2.00. The summed E-state index contributed by atoms with van der Waals surface area (Å²) in [5.74, 6) is 5.70. The van der Waals surface area contributed by atoms with Crippen molar-refractivity contribution in [3.05, 3.63) is 42.5 Å². The minimum Gasteiger partial charge on any atom is -0.250 e. The van der Waals surface area contributed by atoms with Gasteiger partial charge in [0.2, 0.25) is 0 Å². The first kappa shape index (κ1) is 8.77. The molecule has 2 nitrogen and oxygen atoms in total. The second-order valence-corrected chi connectivity index (χ2v) is 3.85. The Hall–Kier alpha value is -0.810. The van der Waals surface area contributed by atoms with Gasteiger partial charge < -0.3 is 0 Å². The van der Waals surface area contributed by atoms with Gasteiger partial charge >= 0.3 is 0 Å². The average Bonchev–Trinajstić information content (AvgIpc) is 2.17. The maximum absolute atomic E-state index is 5.70. The fourth-order valence-corrected chi connectivity index (χ4v) is 1.82. The Morgan fingerprint density at radius 1 is 1.00 bits per heavy atom. The van der Waals surface area contributed by atoms with Crippen molar-refractivity contribution in [2.75, 3.05) is 3.22 Å². The highest BCUT2D eigenvalue weighted by Crippen LogP contribution is 2.26. The Morgan fingerprint density at radius 2 is 1.69 bits per heavy atom. The molecule has 0 aliphatic rings. The van der Waals surface area contributed by atoms with Crippen molar-refractivity contribution in [3.8, 4) is 0 Å². The van der Waals surface area contributed by atoms with Gasteiger partial charge in [-0.15, -0.1) is 0 Å². The number of anilines is 1. The Labute approximate surface area is 90.8 Å². The molecule has 2 aromatic rings. The van der Waals surface area contributed by atoms with Crippen LogP contribution in [0.3, 0.4) is 0 Å². The highest BCUT2D eigenvalue weighted by Gasteiger charge is 2.01. The van der Waals surface area contributed by atoms with Crippen LogP contribution in [0.25, 0.3) is 10.8 Å². The zero-order chi connectivity index (χ0) is 9.26. The number of hydrogen-bond acceptors (Lipinski definition) is 2. The van der Waals surface area contributed by atoms with Crippen molar-refractivity contribution in [1.82, 2.24) is 0 Å². The van der Waals surface area contributed by atoms with E-state index >= 15 is 0 Å². The minimum atomic E-state index is 1.04. The van der Waals surface area contributed by atoms with Gasteiger partial charge in [-0.2, -0.15) is 0 Å². The number of hydrogen-bond donors (Lipinski definition) is 1. The molecule has 0 saturated carbocycles. The van der Waals surface area contributed by atoms with Crippen molar-refractivity contribution < 1.29 is 0 Å². The van der Waals surface area contributed by atoms with E-state index in [0.29, 0.717) is 0 Å². The SMILES string of the molecule is NN(I)c1cccc2ccccc12. The Bertz CT molecular complexity index is 421. The molecule has 0 aromatic heterocycles. The maximum atomic E-state index is 5.70. The highest BCUT2D eigenvalue weighted by molar-refractivity contribution is 14.1. The molecule has 0 spiro atoms. The van der Waals surface area contributed by atoms with Crippen molar-refractivity contribution in [1.29, 1.82) is 0 Å². The fraction of sp³-hybridized carbons (Fsp3) is 0. The van der Waals surface area contributed by atoms with E-state index in [1.54, 1.807) is 3.22 Å². The third-order valence-corrected chi connectivity index (χ3v) is 2.52. The van der Waals surface area contributed by atoms with E-state index in [1.165, 1.54) is 10.8 Å². The lowest BCUT2D eigenvalue weighted by Gasteiger charge is -2.11. The second-order valence-electron chi connectivity index (χ2n) is 2.81. The summed E-state index contributed by atoms with van der Waals surface area (Å²) in [5, 5.41) is 2.40. The monoisotopic (exact) mass is 284 g/mol. The van der Waals surface area contributed by atoms with Gasteiger partial charge in [0.1, 0.15) is 0 Å². The van der Waals surface area contributed by atoms with Gasteiger partial charge in [-0.1, -0.05) is 36.4 Å². The number of rotatable bonds is 1. The molecule has 2 rings (SSSR count). The molecule has 0 radical (unpaired) electrons. The molecule has 0 fully saturated rings. The predicted octanol–water partition coefficient (Wildman–Crippen LogP) is 2.87. The van der Waals surface area contributed by atoms with Gasteiger partial charge in [-0.25, -0.2) is 5.84 Å². The van der Waals surface area contributed by atoms with Gasteiger partial charge in [-0.3, -0.25) is 3.22 Å². The zero-order valence-corrected chi connectivity index (χ0v) is 9.10. The van der Waals surface area contributed by atoms with Crippen molar-refractivity contribution in [3.63, 3.8) is 0 Å². The van der Waals surface area contributed by atoms with E-state index in [2.05, 4.69) is 41.1 Å². The number of nitrogens with zero attached hydrogens (tertiary/aromatic N) is 1. The van der Waals surface area contributed by atoms with Crippen LogP contribution in [0, 0.1) is 0 Å². The standard InChI is InChI=1S/C10H9IN2/c11-13(12)10-7-3-5-8-4-1-2-6-9(8)10/h1-7H,12H2. The Balaban J connectivity index is 2.76. The van der Waals surface area contributed by atoms with E-state index in [-0.39, 0.29) is 0 Å². The molecule has 0 saturated heterocycles. The van der Waals surface area contributed by atoms with E-state index in [1.807, 2.05) is 24.3 Å². The fourth-order valence-electron chi connectivity index (χ4n) is 1.39. The first-order chi connectivity index (χ1) is 6.29. The predicted molar refractivity (Wildman–Crippen MR) is 64.6 cm³/mol. The summed E-state index contributed by atoms with van der Waals surface area (Å²) in [5.41, 5.74) is 1.04. The van der Waals surface area contributed by atoms with Crippen molar-refractivity contribution in [2.45, 2.75) is 0 Å². The zero-order valence-electron chi connectivity index (χ0n) is 6.94. The molecule has 2 aromatic carbocycles. The van der Waals surface area contributed by atoms with Gasteiger partial charge in [0.25, 0.3) is 0 Å². The molecule has 13 heavy (non-hydrogen) atoms. The van der Waals surface area contributed by atoms with Crippen LogP contribution in [0.1, 0.15) is 0 Å². The largest absolute Gasteiger partial charge is 0.250 e. The molecule has 2 N–H and O–H groups in total. The van der Waals surface area contributed by atoms with Crippen LogP contribution in [-0.2, 0) is 0 Å². The number of fused-ring (bicyclic) bond motifs is 1. The van der Waals surface area contributed by atoms with Crippen LogP contribution in [0.5, 0.6) is 0 Å². The molecule has 66 valence electrons. The molecular weight excluding hydrogens is 275 g/mol. The van der Waals surface area contributed by atoms with Crippen LogP contribution in [0.4, 0.5) is 5.69 Å². The average molecular weight is 284 g/mol. The quantitative estimate of drug-likeness (QED) is 0.377. The van der Waals surface area contributed by atoms with E-state index in [4.69, 9.17) is 5.84 Å². The molecule has 3 heteroatoms.